The van der Waals surface area contributed by atoms with Crippen LogP contribution in [-0.2, 0) is 13.1 Å². The molecule has 0 fully saturated rings. The van der Waals surface area contributed by atoms with Crippen LogP contribution in [0.25, 0.3) is 4.83 Å². The summed E-state index contributed by atoms with van der Waals surface area (Å²) in [5, 5.41) is 3.53. The summed E-state index contributed by atoms with van der Waals surface area (Å²) in [6.45, 7) is 1.98. The van der Waals surface area contributed by atoms with Crippen molar-refractivity contribution < 1.29 is 4.79 Å². The molecular formula is C21H16Cl2N4O3S. The first-order chi connectivity index (χ1) is 14.8. The van der Waals surface area contributed by atoms with Gasteiger partial charge in [-0.2, -0.15) is 0 Å². The molecular weight excluding hydrogens is 459 g/mol. The molecule has 0 aliphatic heterocycles. The Labute approximate surface area is 190 Å². The van der Waals surface area contributed by atoms with Crippen molar-refractivity contribution in [2.75, 3.05) is 0 Å². The molecule has 4 rings (SSSR count). The van der Waals surface area contributed by atoms with Gasteiger partial charge in [-0.15, -0.1) is 11.3 Å². The number of rotatable bonds is 5. The zero-order chi connectivity index (χ0) is 22.1. The van der Waals surface area contributed by atoms with Gasteiger partial charge in [-0.25, -0.2) is 4.79 Å². The first-order valence-electron chi connectivity index (χ1n) is 9.22. The van der Waals surface area contributed by atoms with Crippen LogP contribution in [0.1, 0.15) is 26.4 Å². The van der Waals surface area contributed by atoms with Gasteiger partial charge in [0.1, 0.15) is 9.71 Å². The van der Waals surface area contributed by atoms with Crippen LogP contribution in [-0.4, -0.2) is 19.9 Å². The van der Waals surface area contributed by atoms with Crippen LogP contribution in [0.2, 0.25) is 10.0 Å². The Kier molecular flexibility index (Phi) is 5.95. The zero-order valence-electron chi connectivity index (χ0n) is 16.3. The van der Waals surface area contributed by atoms with Gasteiger partial charge in [0.2, 0.25) is 0 Å². The predicted octanol–water partition coefficient (Wildman–Crippen LogP) is 3.51. The number of thiazole rings is 1. The van der Waals surface area contributed by atoms with Crippen LogP contribution in [0.15, 0.2) is 58.5 Å². The molecule has 0 bridgehead atoms. The number of fused-ring (bicyclic) bond motifs is 1. The van der Waals surface area contributed by atoms with Crippen LogP contribution in [0.3, 0.4) is 0 Å². The third-order valence-electron chi connectivity index (χ3n) is 4.72. The van der Waals surface area contributed by atoms with Crippen LogP contribution in [0, 0.1) is 6.92 Å². The number of benzene rings is 1. The number of carbonyl (C=O) groups excluding carboxylic acids is 1. The maximum Gasteiger partial charge on any atom is 0.336 e. The monoisotopic (exact) mass is 474 g/mol. The van der Waals surface area contributed by atoms with E-state index in [4.69, 9.17) is 23.2 Å². The van der Waals surface area contributed by atoms with Gasteiger partial charge in [-0.05, 0) is 36.2 Å². The van der Waals surface area contributed by atoms with E-state index in [9.17, 15) is 14.4 Å². The number of amides is 1. The van der Waals surface area contributed by atoms with Crippen molar-refractivity contribution in [2.24, 2.45) is 0 Å². The van der Waals surface area contributed by atoms with E-state index in [-0.39, 0.29) is 12.5 Å². The fraction of sp³-hybridized carbons (Fsp3) is 0.143. The topological polar surface area (TPSA) is 85.5 Å². The lowest BCUT2D eigenvalue weighted by Crippen LogP contribution is -2.38. The molecule has 0 aliphatic rings. The number of aromatic nitrogens is 3. The minimum absolute atomic E-state index is 0.0384. The highest BCUT2D eigenvalue weighted by atomic mass is 35.5. The van der Waals surface area contributed by atoms with Crippen molar-refractivity contribution in [3.05, 3.63) is 101 Å². The molecule has 3 aromatic heterocycles. The van der Waals surface area contributed by atoms with E-state index in [1.165, 1.54) is 10.6 Å². The largest absolute Gasteiger partial charge is 0.347 e. The molecule has 1 aromatic carbocycles. The van der Waals surface area contributed by atoms with Gasteiger partial charge in [-0.3, -0.25) is 23.5 Å². The summed E-state index contributed by atoms with van der Waals surface area (Å²) in [5.74, 6) is -0.333. The number of pyridine rings is 1. The maximum absolute atomic E-state index is 13.0. The van der Waals surface area contributed by atoms with Crippen molar-refractivity contribution in [3.8, 4) is 0 Å². The fourth-order valence-corrected chi connectivity index (χ4v) is 4.42. The molecule has 0 saturated heterocycles. The predicted molar refractivity (Wildman–Crippen MR) is 122 cm³/mol. The highest BCUT2D eigenvalue weighted by Crippen LogP contribution is 2.23. The Morgan fingerprint density at radius 3 is 2.68 bits per heavy atom. The maximum atomic E-state index is 13.0. The van der Waals surface area contributed by atoms with E-state index < -0.39 is 11.2 Å². The van der Waals surface area contributed by atoms with Gasteiger partial charge in [0.15, 0.2) is 0 Å². The molecule has 0 radical (unpaired) electrons. The second-order valence-corrected chi connectivity index (χ2v) is 8.71. The number of hydrogen-bond acceptors (Lipinski definition) is 5. The zero-order valence-corrected chi connectivity index (χ0v) is 18.6. The quantitative estimate of drug-likeness (QED) is 0.479. The third kappa shape index (κ3) is 4.27. The fourth-order valence-electron chi connectivity index (χ4n) is 3.10. The number of aryl methyl sites for hydroxylation is 1. The number of halogens is 2. The molecule has 10 heteroatoms. The second-order valence-electron chi connectivity index (χ2n) is 6.86. The summed E-state index contributed by atoms with van der Waals surface area (Å²) in [6, 6.07) is 8.57. The van der Waals surface area contributed by atoms with Crippen molar-refractivity contribution >= 4 is 45.3 Å². The van der Waals surface area contributed by atoms with E-state index in [2.05, 4.69) is 10.3 Å². The van der Waals surface area contributed by atoms with E-state index in [1.807, 2.05) is 6.07 Å². The van der Waals surface area contributed by atoms with Gasteiger partial charge in [0, 0.05) is 30.7 Å². The minimum Gasteiger partial charge on any atom is -0.347 e. The molecule has 4 aromatic rings. The Morgan fingerprint density at radius 1 is 1.16 bits per heavy atom. The van der Waals surface area contributed by atoms with Crippen LogP contribution in [0.5, 0.6) is 0 Å². The molecule has 31 heavy (non-hydrogen) atoms. The normalized spacial score (nSPS) is 11.1. The Hall–Kier alpha value is -2.94. The third-order valence-corrected chi connectivity index (χ3v) is 6.67. The van der Waals surface area contributed by atoms with Crippen molar-refractivity contribution in [2.45, 2.75) is 20.0 Å². The summed E-state index contributed by atoms with van der Waals surface area (Å²) < 4.78 is 2.45. The van der Waals surface area contributed by atoms with Crippen LogP contribution < -0.4 is 16.6 Å². The van der Waals surface area contributed by atoms with Crippen molar-refractivity contribution in [1.29, 1.82) is 0 Å². The molecule has 7 nitrogen and oxygen atoms in total. The summed E-state index contributed by atoms with van der Waals surface area (Å²) in [4.78, 5) is 43.2. The lowest BCUT2D eigenvalue weighted by Gasteiger charge is -2.08. The summed E-state index contributed by atoms with van der Waals surface area (Å²) >= 11 is 13.1. The lowest BCUT2D eigenvalue weighted by molar-refractivity contribution is 0.0954. The molecule has 1 N–H and O–H groups in total. The number of hydrogen-bond donors (Lipinski definition) is 1. The average Bonchev–Trinajstić information content (AvgIpc) is 3.23. The number of carbonyl (C=O) groups is 1. The van der Waals surface area contributed by atoms with Crippen molar-refractivity contribution in [1.82, 2.24) is 19.3 Å². The molecule has 0 aliphatic carbocycles. The van der Waals surface area contributed by atoms with Crippen molar-refractivity contribution in [3.63, 3.8) is 0 Å². The summed E-state index contributed by atoms with van der Waals surface area (Å²) in [6.07, 6.45) is 4.77. The molecule has 0 saturated carbocycles. The van der Waals surface area contributed by atoms with E-state index >= 15 is 0 Å². The molecule has 3 heterocycles. The Bertz CT molecular complexity index is 1410. The van der Waals surface area contributed by atoms with Gasteiger partial charge in [0.05, 0.1) is 16.6 Å². The molecule has 0 unspecified atom stereocenters. The molecule has 0 atom stereocenters. The average molecular weight is 475 g/mol. The lowest BCUT2D eigenvalue weighted by atomic mass is 10.2. The summed E-state index contributed by atoms with van der Waals surface area (Å²) in [7, 11) is 0. The molecule has 0 spiro atoms. The molecule has 1 amide bonds. The van der Waals surface area contributed by atoms with E-state index in [1.54, 1.807) is 43.6 Å². The highest BCUT2D eigenvalue weighted by molar-refractivity contribution is 7.19. The van der Waals surface area contributed by atoms with E-state index in [0.29, 0.717) is 37.4 Å². The number of nitrogens with one attached hydrogen (secondary N) is 1. The van der Waals surface area contributed by atoms with E-state index in [0.717, 1.165) is 21.5 Å². The SMILES string of the molecule is Cc1c(=O)n(Cc2ccc(Cl)c(Cl)c2)c(=O)n2cc(C(=O)NCc3cccnc3)sc12. The summed E-state index contributed by atoms with van der Waals surface area (Å²) in [5.41, 5.74) is 0.958. The first kappa shape index (κ1) is 21.3. The first-order valence-corrected chi connectivity index (χ1v) is 10.8. The van der Waals surface area contributed by atoms with Crippen LogP contribution in [0.4, 0.5) is 0 Å². The highest BCUT2D eigenvalue weighted by Gasteiger charge is 2.18. The second kappa shape index (κ2) is 8.66. The smallest absolute Gasteiger partial charge is 0.336 e. The standard InChI is InChI=1S/C21H16Cl2N4O3S/c1-12-19(29)26(10-13-4-5-15(22)16(23)7-13)21(30)27-11-17(31-20(12)27)18(28)25-9-14-3-2-6-24-8-14/h2-8,11H,9-10H2,1H3,(H,25,28). The Morgan fingerprint density at radius 2 is 1.97 bits per heavy atom. The Balaban J connectivity index is 1.67. The number of nitrogens with zero attached hydrogens (tertiary/aromatic N) is 3. The van der Waals surface area contributed by atoms with Gasteiger partial charge in [-0.1, -0.05) is 35.3 Å². The minimum atomic E-state index is -0.528. The van der Waals surface area contributed by atoms with Gasteiger partial charge in [0.25, 0.3) is 11.5 Å². The van der Waals surface area contributed by atoms with Crippen LogP contribution >= 0.6 is 34.5 Å². The molecule has 158 valence electrons. The van der Waals surface area contributed by atoms with Gasteiger partial charge >= 0.3 is 5.69 Å². The van der Waals surface area contributed by atoms with Gasteiger partial charge < -0.3 is 5.32 Å².